The van der Waals surface area contributed by atoms with E-state index in [0.29, 0.717) is 29.0 Å². The second-order valence-electron chi connectivity index (χ2n) is 7.95. The van der Waals surface area contributed by atoms with Gasteiger partial charge in [0.1, 0.15) is 5.82 Å². The Bertz CT molecular complexity index is 1000. The minimum atomic E-state index is -0.342. The average Bonchev–Trinajstić information content (AvgIpc) is 3.20. The predicted octanol–water partition coefficient (Wildman–Crippen LogP) is 4.92. The lowest BCUT2D eigenvalue weighted by molar-refractivity contribution is -0.118. The molecule has 0 aliphatic heterocycles. The van der Waals surface area contributed by atoms with Gasteiger partial charge in [0, 0.05) is 6.54 Å². The summed E-state index contributed by atoms with van der Waals surface area (Å²) in [5, 5.41) is 12.2. The van der Waals surface area contributed by atoms with E-state index in [2.05, 4.69) is 15.5 Å². The van der Waals surface area contributed by atoms with Gasteiger partial charge in [0.25, 0.3) is 0 Å². The summed E-state index contributed by atoms with van der Waals surface area (Å²) in [6, 6.07) is 16.5. The number of nitrogens with one attached hydrogen (secondary N) is 1. The van der Waals surface area contributed by atoms with Crippen molar-refractivity contribution in [1.82, 2.24) is 20.1 Å². The van der Waals surface area contributed by atoms with Crippen LogP contribution in [0.4, 0.5) is 4.39 Å². The van der Waals surface area contributed by atoms with Crippen molar-refractivity contribution >= 4 is 17.7 Å². The molecule has 31 heavy (non-hydrogen) atoms. The lowest BCUT2D eigenvalue weighted by Gasteiger charge is -2.21. The summed E-state index contributed by atoms with van der Waals surface area (Å²) in [5.41, 5.74) is 1.46. The maximum atomic E-state index is 14.4. The van der Waals surface area contributed by atoms with Crippen molar-refractivity contribution in [2.45, 2.75) is 43.8 Å². The number of halogens is 1. The van der Waals surface area contributed by atoms with Crippen molar-refractivity contribution in [2.75, 3.05) is 12.3 Å². The molecule has 0 radical (unpaired) electrons. The third-order valence-corrected chi connectivity index (χ3v) is 6.63. The van der Waals surface area contributed by atoms with E-state index in [1.165, 1.54) is 49.9 Å². The molecule has 4 rings (SSSR count). The Labute approximate surface area is 186 Å². The average molecular weight is 439 g/mol. The van der Waals surface area contributed by atoms with Crippen LogP contribution in [0, 0.1) is 11.7 Å². The van der Waals surface area contributed by atoms with Crippen molar-refractivity contribution in [2.24, 2.45) is 5.92 Å². The molecule has 3 aromatic rings. The molecule has 1 aliphatic carbocycles. The topological polar surface area (TPSA) is 59.8 Å². The van der Waals surface area contributed by atoms with Crippen LogP contribution in [-0.4, -0.2) is 33.0 Å². The van der Waals surface area contributed by atoms with Crippen molar-refractivity contribution in [1.29, 1.82) is 0 Å². The van der Waals surface area contributed by atoms with Crippen molar-refractivity contribution in [3.05, 3.63) is 66.0 Å². The first-order valence-electron chi connectivity index (χ1n) is 10.8. The van der Waals surface area contributed by atoms with Gasteiger partial charge in [-0.05, 0) is 36.5 Å². The van der Waals surface area contributed by atoms with Crippen LogP contribution in [0.25, 0.3) is 11.4 Å². The number of carbonyl (C=O) groups excluding carboxylic acids is 1. The highest BCUT2D eigenvalue weighted by Crippen LogP contribution is 2.27. The SMILES string of the molecule is O=C(CSc1nnc(-c2ccccc2F)n1Cc1ccccc1)NCC1CCCCC1. The summed E-state index contributed by atoms with van der Waals surface area (Å²) < 4.78 is 16.3. The van der Waals surface area contributed by atoms with E-state index in [1.54, 1.807) is 18.2 Å². The number of benzene rings is 2. The number of carbonyl (C=O) groups is 1. The summed E-state index contributed by atoms with van der Waals surface area (Å²) in [6.45, 7) is 1.25. The number of thioether (sulfide) groups is 1. The van der Waals surface area contributed by atoms with E-state index in [4.69, 9.17) is 0 Å². The largest absolute Gasteiger partial charge is 0.355 e. The van der Waals surface area contributed by atoms with Gasteiger partial charge in [0.05, 0.1) is 17.9 Å². The standard InChI is InChI=1S/C24H27FN4OS/c25-21-14-8-7-13-20(21)23-27-28-24(29(23)16-19-11-5-2-6-12-19)31-17-22(30)26-15-18-9-3-1-4-10-18/h2,5-8,11-14,18H,1,3-4,9-10,15-17H2,(H,26,30). The second-order valence-corrected chi connectivity index (χ2v) is 8.90. The molecule has 0 unspecified atom stereocenters. The van der Waals surface area contributed by atoms with E-state index in [-0.39, 0.29) is 17.5 Å². The number of hydrogen-bond donors (Lipinski definition) is 1. The molecule has 5 nitrogen and oxygen atoms in total. The molecule has 0 saturated heterocycles. The van der Waals surface area contributed by atoms with Gasteiger partial charge in [0.15, 0.2) is 11.0 Å². The summed E-state index contributed by atoms with van der Waals surface area (Å²) in [6.07, 6.45) is 6.23. The Balaban J connectivity index is 1.47. The Morgan fingerprint density at radius 1 is 1.03 bits per heavy atom. The molecule has 1 N–H and O–H groups in total. The fourth-order valence-electron chi connectivity index (χ4n) is 3.98. The molecule has 2 aromatic carbocycles. The van der Waals surface area contributed by atoms with Gasteiger partial charge in [-0.3, -0.25) is 9.36 Å². The number of hydrogen-bond acceptors (Lipinski definition) is 4. The smallest absolute Gasteiger partial charge is 0.230 e. The number of amides is 1. The second kappa shape index (κ2) is 10.6. The minimum absolute atomic E-state index is 0.00252. The molecule has 162 valence electrons. The molecule has 0 atom stereocenters. The van der Waals surface area contributed by atoms with Crippen LogP contribution in [0.5, 0.6) is 0 Å². The fraction of sp³-hybridized carbons (Fsp3) is 0.375. The highest BCUT2D eigenvalue weighted by atomic mass is 32.2. The van der Waals surface area contributed by atoms with Gasteiger partial charge in [-0.2, -0.15) is 0 Å². The van der Waals surface area contributed by atoms with Crippen LogP contribution >= 0.6 is 11.8 Å². The first kappa shape index (κ1) is 21.6. The van der Waals surface area contributed by atoms with Crippen LogP contribution in [0.1, 0.15) is 37.7 Å². The molecule has 1 aliphatic rings. The highest BCUT2D eigenvalue weighted by Gasteiger charge is 2.19. The maximum absolute atomic E-state index is 14.4. The van der Waals surface area contributed by atoms with Crippen molar-refractivity contribution in [3.8, 4) is 11.4 Å². The minimum Gasteiger partial charge on any atom is -0.355 e. The van der Waals surface area contributed by atoms with E-state index in [0.717, 1.165) is 12.1 Å². The summed E-state index contributed by atoms with van der Waals surface area (Å²) in [4.78, 5) is 12.4. The van der Waals surface area contributed by atoms with E-state index < -0.39 is 0 Å². The molecule has 7 heteroatoms. The number of nitrogens with zero attached hydrogens (tertiary/aromatic N) is 3. The maximum Gasteiger partial charge on any atom is 0.230 e. The highest BCUT2D eigenvalue weighted by molar-refractivity contribution is 7.99. The predicted molar refractivity (Wildman–Crippen MR) is 121 cm³/mol. The van der Waals surface area contributed by atoms with Crippen molar-refractivity contribution < 1.29 is 9.18 Å². The zero-order valence-electron chi connectivity index (χ0n) is 17.5. The molecular weight excluding hydrogens is 411 g/mol. The zero-order chi connectivity index (χ0) is 21.5. The Morgan fingerprint density at radius 3 is 2.55 bits per heavy atom. The van der Waals surface area contributed by atoms with Gasteiger partial charge in [0.2, 0.25) is 5.91 Å². The first-order chi connectivity index (χ1) is 15.2. The van der Waals surface area contributed by atoms with Crippen molar-refractivity contribution in [3.63, 3.8) is 0 Å². The van der Waals surface area contributed by atoms with Crippen LogP contribution < -0.4 is 5.32 Å². The van der Waals surface area contributed by atoms with Gasteiger partial charge < -0.3 is 5.32 Å². The molecule has 0 spiro atoms. The molecular formula is C24H27FN4OS. The quantitative estimate of drug-likeness (QED) is 0.507. The number of aromatic nitrogens is 3. The fourth-order valence-corrected chi connectivity index (χ4v) is 4.74. The number of rotatable bonds is 8. The van der Waals surface area contributed by atoms with Gasteiger partial charge in [-0.1, -0.05) is 73.5 Å². The summed E-state index contributed by atoms with van der Waals surface area (Å²) >= 11 is 1.34. The van der Waals surface area contributed by atoms with Gasteiger partial charge in [-0.15, -0.1) is 10.2 Å². The Kier molecular flexibility index (Phi) is 7.35. The Morgan fingerprint density at radius 2 is 1.77 bits per heavy atom. The lowest BCUT2D eigenvalue weighted by Crippen LogP contribution is -2.31. The first-order valence-corrected chi connectivity index (χ1v) is 11.8. The third kappa shape index (κ3) is 5.73. The third-order valence-electron chi connectivity index (χ3n) is 5.66. The molecule has 1 aromatic heterocycles. The summed E-state index contributed by atoms with van der Waals surface area (Å²) in [5.74, 6) is 0.976. The summed E-state index contributed by atoms with van der Waals surface area (Å²) in [7, 11) is 0. The monoisotopic (exact) mass is 438 g/mol. The zero-order valence-corrected chi connectivity index (χ0v) is 18.3. The van der Waals surface area contributed by atoms with Crippen LogP contribution in [0.2, 0.25) is 0 Å². The lowest BCUT2D eigenvalue weighted by atomic mass is 9.89. The van der Waals surface area contributed by atoms with E-state index in [1.807, 2.05) is 34.9 Å². The van der Waals surface area contributed by atoms with Crippen LogP contribution in [-0.2, 0) is 11.3 Å². The molecule has 0 bridgehead atoms. The molecule has 1 saturated carbocycles. The van der Waals surface area contributed by atoms with Gasteiger partial charge in [-0.25, -0.2) is 4.39 Å². The molecule has 1 amide bonds. The molecule has 1 fully saturated rings. The van der Waals surface area contributed by atoms with Gasteiger partial charge >= 0.3 is 0 Å². The van der Waals surface area contributed by atoms with Crippen LogP contribution in [0.15, 0.2) is 59.8 Å². The van der Waals surface area contributed by atoms with Crippen LogP contribution in [0.3, 0.4) is 0 Å². The van der Waals surface area contributed by atoms with E-state index in [9.17, 15) is 9.18 Å². The van der Waals surface area contributed by atoms with E-state index >= 15 is 0 Å². The normalized spacial score (nSPS) is 14.5. The molecule has 1 heterocycles. The Hall–Kier alpha value is -2.67.